The van der Waals surface area contributed by atoms with Crippen LogP contribution in [-0.4, -0.2) is 32.4 Å². The first-order chi connectivity index (χ1) is 8.47. The first kappa shape index (κ1) is 18.2. The Kier molecular flexibility index (Phi) is 7.36. The third kappa shape index (κ3) is 15.1. The second-order valence-electron chi connectivity index (χ2n) is 5.81. The summed E-state index contributed by atoms with van der Waals surface area (Å²) in [4.78, 5) is 11.4. The summed E-state index contributed by atoms with van der Waals surface area (Å²) in [5.74, 6) is 0. The Balaban J connectivity index is -0.000000405. The van der Waals surface area contributed by atoms with Crippen LogP contribution < -0.4 is 10.5 Å². The third-order valence-electron chi connectivity index (χ3n) is 2.33. The van der Waals surface area contributed by atoms with E-state index in [0.29, 0.717) is 6.04 Å². The molecule has 1 aliphatic carbocycles. The molecule has 19 heavy (non-hydrogen) atoms. The Bertz CT molecular complexity index is 369. The van der Waals surface area contributed by atoms with Gasteiger partial charge in [-0.05, 0) is 33.6 Å². The smallest absolute Gasteiger partial charge is 0.407 e. The molecule has 118 valence electrons. The summed E-state index contributed by atoms with van der Waals surface area (Å²) in [6, 6.07) is 0.332. The van der Waals surface area contributed by atoms with Crippen molar-refractivity contribution in [2.45, 2.75) is 64.5 Å². The van der Waals surface area contributed by atoms with Crippen LogP contribution in [0.3, 0.4) is 0 Å². The molecule has 0 aromatic carbocycles. The Morgan fingerprint density at radius 1 is 1.26 bits per heavy atom. The monoisotopic (exact) mass is 298 g/mol. The fourth-order valence-electron chi connectivity index (χ4n) is 1.72. The van der Waals surface area contributed by atoms with Crippen molar-refractivity contribution in [2.75, 3.05) is 6.26 Å². The lowest BCUT2D eigenvalue weighted by Gasteiger charge is -2.25. The molecule has 7 heteroatoms. The van der Waals surface area contributed by atoms with Gasteiger partial charge in [-0.2, -0.15) is 0 Å². The van der Waals surface area contributed by atoms with Gasteiger partial charge in [-0.1, -0.05) is 19.3 Å². The van der Waals surface area contributed by atoms with Crippen LogP contribution in [0.1, 0.15) is 55.7 Å². The molecular weight excluding hydrogens is 268 g/mol. The van der Waals surface area contributed by atoms with Gasteiger partial charge in [0.1, 0.15) is 5.60 Å². The van der Waals surface area contributed by atoms with E-state index in [1.807, 2.05) is 20.8 Å². The molecule has 1 amide bonds. The van der Waals surface area contributed by atoms with Crippen LogP contribution in [0.15, 0.2) is 0 Å². The molecule has 1 fully saturated rings. The number of primary sulfonamides is 1. The van der Waals surface area contributed by atoms with Crippen molar-refractivity contribution in [1.82, 2.24) is 5.32 Å². The maximum absolute atomic E-state index is 11.4. The van der Waals surface area contributed by atoms with Gasteiger partial charge in [-0.15, -0.1) is 0 Å². The first-order valence-corrected chi connectivity index (χ1v) is 8.40. The van der Waals surface area contributed by atoms with Gasteiger partial charge in [-0.3, -0.25) is 0 Å². The second kappa shape index (κ2) is 7.69. The lowest BCUT2D eigenvalue weighted by atomic mass is 9.96. The molecule has 3 N–H and O–H groups in total. The number of nitrogens with two attached hydrogens (primary N) is 1. The van der Waals surface area contributed by atoms with E-state index in [2.05, 4.69) is 10.5 Å². The number of hydrogen-bond donors (Lipinski definition) is 2. The number of ether oxygens (including phenoxy) is 1. The number of nitrogens with one attached hydrogen (secondary N) is 1. The zero-order valence-electron chi connectivity index (χ0n) is 12.2. The van der Waals surface area contributed by atoms with E-state index in [0.717, 1.165) is 19.1 Å². The number of hydrogen-bond acceptors (Lipinski definition) is 4. The fourth-order valence-corrected chi connectivity index (χ4v) is 1.72. The summed E-state index contributed by atoms with van der Waals surface area (Å²) in [5.41, 5.74) is -0.390. The van der Waals surface area contributed by atoms with E-state index in [4.69, 9.17) is 4.74 Å². The molecule has 1 saturated carbocycles. The lowest BCUT2D eigenvalue weighted by molar-refractivity contribution is 0.0493. The van der Waals surface area contributed by atoms with Crippen LogP contribution >= 0.6 is 0 Å². The average Bonchev–Trinajstić information content (AvgIpc) is 2.12. The van der Waals surface area contributed by atoms with E-state index in [1.54, 1.807) is 0 Å². The van der Waals surface area contributed by atoms with Gasteiger partial charge in [0.25, 0.3) is 0 Å². The number of rotatable bonds is 1. The van der Waals surface area contributed by atoms with Gasteiger partial charge in [0.2, 0.25) is 10.0 Å². The van der Waals surface area contributed by atoms with Crippen LogP contribution in [0.4, 0.5) is 4.79 Å². The van der Waals surface area contributed by atoms with E-state index in [9.17, 15) is 13.2 Å². The van der Waals surface area contributed by atoms with E-state index < -0.39 is 15.6 Å². The molecule has 0 atom stereocenters. The highest BCUT2D eigenvalue weighted by Gasteiger charge is 2.20. The van der Waals surface area contributed by atoms with Crippen molar-refractivity contribution in [2.24, 2.45) is 5.14 Å². The predicted molar refractivity (Wildman–Crippen MR) is 79.5 cm³/mol. The molecule has 0 heterocycles. The average molecular weight is 298 g/mol. The molecule has 1 aliphatic rings. The zero-order valence-corrected chi connectivity index (χ0v) is 13.0. The van der Waals surface area contributed by atoms with E-state index >= 15 is 0 Å². The quantitative estimate of drug-likeness (QED) is 0.775. The largest absolute Gasteiger partial charge is 0.444 e. The van der Waals surface area contributed by atoms with Crippen LogP contribution in [0.5, 0.6) is 0 Å². The van der Waals surface area contributed by atoms with Crippen molar-refractivity contribution in [3.8, 4) is 0 Å². The molecular formula is C12H30N2O4S. The lowest BCUT2D eigenvalue weighted by Crippen LogP contribution is -2.39. The number of sulfonamides is 1. The van der Waals surface area contributed by atoms with Gasteiger partial charge in [0.15, 0.2) is 0 Å². The molecule has 0 spiro atoms. The molecule has 1 rings (SSSR count). The third-order valence-corrected chi connectivity index (χ3v) is 2.33. The van der Waals surface area contributed by atoms with Crippen molar-refractivity contribution in [3.05, 3.63) is 0 Å². The van der Waals surface area contributed by atoms with Crippen molar-refractivity contribution in [1.29, 1.82) is 0 Å². The van der Waals surface area contributed by atoms with Gasteiger partial charge < -0.3 is 10.1 Å². The zero-order chi connectivity index (χ0) is 15.1. The molecule has 0 unspecified atom stereocenters. The summed E-state index contributed by atoms with van der Waals surface area (Å²) in [6.07, 6.45) is 6.60. The first-order valence-electron chi connectivity index (χ1n) is 6.44. The Morgan fingerprint density at radius 2 is 1.68 bits per heavy atom. The summed E-state index contributed by atoms with van der Waals surface area (Å²) in [6.45, 7) is 5.65. The number of carbonyl (C=O) groups excluding carboxylic acids is 1. The predicted octanol–water partition coefficient (Wildman–Crippen LogP) is 2.24. The second-order valence-corrected chi connectivity index (χ2v) is 7.47. The summed E-state index contributed by atoms with van der Waals surface area (Å²) in [5, 5.41) is 7.24. The van der Waals surface area contributed by atoms with Crippen LogP contribution in [0.25, 0.3) is 0 Å². The Morgan fingerprint density at radius 3 is 2.05 bits per heavy atom. The normalized spacial score (nSPS) is 17.1. The maximum Gasteiger partial charge on any atom is 0.407 e. The van der Waals surface area contributed by atoms with Crippen molar-refractivity contribution in [3.63, 3.8) is 0 Å². The standard InChI is InChI=1S/C11H21NO2.CH5NO2S.2H2/c1-11(2,3)14-10(13)12-9-7-5-4-6-8-9;1-5(2,3)4;;/h9H,4-8H2,1-3H3,(H,12,13);1H3,(H2,2,3,4);2*1H. The van der Waals surface area contributed by atoms with Crippen molar-refractivity contribution >= 4 is 16.1 Å². The van der Waals surface area contributed by atoms with Gasteiger partial charge >= 0.3 is 6.09 Å². The summed E-state index contributed by atoms with van der Waals surface area (Å²) in [7, 11) is -3.17. The molecule has 0 bridgehead atoms. The summed E-state index contributed by atoms with van der Waals surface area (Å²) >= 11 is 0. The van der Waals surface area contributed by atoms with Gasteiger partial charge in [0.05, 0.1) is 6.26 Å². The van der Waals surface area contributed by atoms with Crippen LogP contribution in [-0.2, 0) is 14.8 Å². The van der Waals surface area contributed by atoms with E-state index in [-0.39, 0.29) is 8.95 Å². The highest BCUT2D eigenvalue weighted by Crippen LogP contribution is 2.18. The van der Waals surface area contributed by atoms with E-state index in [1.165, 1.54) is 19.3 Å². The molecule has 0 saturated heterocycles. The topological polar surface area (TPSA) is 98.5 Å². The highest BCUT2D eigenvalue weighted by molar-refractivity contribution is 7.88. The van der Waals surface area contributed by atoms with Gasteiger partial charge in [-0.25, -0.2) is 18.4 Å². The molecule has 0 aliphatic heterocycles. The number of alkyl carbamates (subject to hydrolysis) is 1. The Labute approximate surface area is 119 Å². The summed E-state index contributed by atoms with van der Waals surface area (Å²) < 4.78 is 24.0. The maximum atomic E-state index is 11.4. The highest BCUT2D eigenvalue weighted by atomic mass is 32.2. The number of amides is 1. The minimum Gasteiger partial charge on any atom is -0.444 e. The minimum absolute atomic E-state index is 0. The molecule has 6 nitrogen and oxygen atoms in total. The fraction of sp³-hybridized carbons (Fsp3) is 0.917. The SMILES string of the molecule is CC(C)(C)OC(=O)NC1CCCCC1.CS(N)(=O)=O.[HH].[HH]. The molecule has 0 aromatic rings. The Hall–Kier alpha value is -0.820. The van der Waals surface area contributed by atoms with Crippen LogP contribution in [0.2, 0.25) is 0 Å². The molecule has 0 radical (unpaired) electrons. The number of carbonyl (C=O) groups is 1. The van der Waals surface area contributed by atoms with Crippen LogP contribution in [0, 0.1) is 0 Å². The minimum atomic E-state index is -3.17. The van der Waals surface area contributed by atoms with Crippen molar-refractivity contribution < 1.29 is 20.8 Å². The molecule has 0 aromatic heterocycles. The van der Waals surface area contributed by atoms with Gasteiger partial charge in [0, 0.05) is 8.90 Å².